The lowest BCUT2D eigenvalue weighted by Crippen LogP contribution is -2.32. The number of anilines is 2. The van der Waals surface area contributed by atoms with Crippen molar-refractivity contribution in [2.24, 2.45) is 5.73 Å². The molecule has 0 spiro atoms. The van der Waals surface area contributed by atoms with Crippen LogP contribution in [0.3, 0.4) is 0 Å². The standard InChI is InChI=1S/C17H17N3O6/c18-10(16(23)24)7-12(22)8-3-2-6-13(15(8)20)26-17(25)9-4-1-5-11(21)14(9)19/h1-6,10,21H,7,18-20H2,(H,23,24). The Morgan fingerprint density at radius 2 is 1.62 bits per heavy atom. The van der Waals surface area contributed by atoms with Gasteiger partial charge < -0.3 is 32.2 Å². The Hall–Kier alpha value is -3.59. The molecule has 0 saturated carbocycles. The minimum absolute atomic E-state index is 0.0177. The number of benzene rings is 2. The van der Waals surface area contributed by atoms with E-state index in [1.807, 2.05) is 0 Å². The number of esters is 1. The number of phenols is 1. The summed E-state index contributed by atoms with van der Waals surface area (Å²) < 4.78 is 5.16. The molecule has 0 heterocycles. The Morgan fingerprint density at radius 1 is 1.00 bits per heavy atom. The lowest BCUT2D eigenvalue weighted by molar-refractivity contribution is -0.138. The highest BCUT2D eigenvalue weighted by Gasteiger charge is 2.22. The number of aromatic hydroxyl groups is 1. The van der Waals surface area contributed by atoms with Gasteiger partial charge in [-0.3, -0.25) is 9.59 Å². The topological polar surface area (TPSA) is 179 Å². The van der Waals surface area contributed by atoms with Crippen molar-refractivity contribution < 1.29 is 29.3 Å². The fourth-order valence-corrected chi connectivity index (χ4v) is 2.16. The van der Waals surface area contributed by atoms with Crippen LogP contribution in [0.4, 0.5) is 11.4 Å². The molecular weight excluding hydrogens is 342 g/mol. The Balaban J connectivity index is 2.26. The molecule has 0 saturated heterocycles. The number of ether oxygens (including phenoxy) is 1. The van der Waals surface area contributed by atoms with E-state index >= 15 is 0 Å². The van der Waals surface area contributed by atoms with Crippen LogP contribution in [0.2, 0.25) is 0 Å². The Labute approximate surface area is 148 Å². The second-order valence-electron chi connectivity index (χ2n) is 5.42. The lowest BCUT2D eigenvalue weighted by Gasteiger charge is -2.12. The van der Waals surface area contributed by atoms with Crippen molar-refractivity contribution in [3.05, 3.63) is 47.5 Å². The minimum Gasteiger partial charge on any atom is -0.506 e. The highest BCUT2D eigenvalue weighted by Crippen LogP contribution is 2.29. The van der Waals surface area contributed by atoms with Crippen molar-refractivity contribution in [3.8, 4) is 11.5 Å². The molecule has 9 heteroatoms. The Kier molecular flexibility index (Phi) is 5.43. The number of nitrogen functional groups attached to an aromatic ring is 2. The summed E-state index contributed by atoms with van der Waals surface area (Å²) in [6, 6.07) is 6.86. The first kappa shape index (κ1) is 18.7. The maximum Gasteiger partial charge on any atom is 0.345 e. The number of carbonyl (C=O) groups is 3. The zero-order valence-electron chi connectivity index (χ0n) is 13.5. The zero-order chi connectivity index (χ0) is 19.4. The molecule has 0 radical (unpaired) electrons. The Morgan fingerprint density at radius 3 is 2.27 bits per heavy atom. The number of carboxylic acid groups (broad SMARTS) is 1. The second-order valence-corrected chi connectivity index (χ2v) is 5.42. The maximum atomic E-state index is 12.2. The molecule has 0 aliphatic rings. The van der Waals surface area contributed by atoms with Gasteiger partial charge in [0.25, 0.3) is 0 Å². The van der Waals surface area contributed by atoms with E-state index in [1.165, 1.54) is 36.4 Å². The molecule has 0 fully saturated rings. The van der Waals surface area contributed by atoms with E-state index in [0.717, 1.165) is 0 Å². The fourth-order valence-electron chi connectivity index (χ4n) is 2.16. The lowest BCUT2D eigenvalue weighted by atomic mass is 10.0. The number of hydrogen-bond acceptors (Lipinski definition) is 8. The number of nitrogens with two attached hydrogens (primary N) is 3. The van der Waals surface area contributed by atoms with Gasteiger partial charge in [-0.2, -0.15) is 0 Å². The van der Waals surface area contributed by atoms with Crippen molar-refractivity contribution in [1.82, 2.24) is 0 Å². The van der Waals surface area contributed by atoms with Crippen molar-refractivity contribution in [2.45, 2.75) is 12.5 Å². The molecule has 8 N–H and O–H groups in total. The first-order chi connectivity index (χ1) is 12.2. The largest absolute Gasteiger partial charge is 0.506 e. The molecule has 9 nitrogen and oxygen atoms in total. The molecule has 0 aliphatic heterocycles. The quantitative estimate of drug-likeness (QED) is 0.164. The number of aliphatic carboxylic acids is 1. The maximum absolute atomic E-state index is 12.2. The predicted molar refractivity (Wildman–Crippen MR) is 92.9 cm³/mol. The third kappa shape index (κ3) is 3.90. The molecule has 1 atom stereocenters. The van der Waals surface area contributed by atoms with E-state index in [1.54, 1.807) is 0 Å². The number of ketones is 1. The molecule has 2 rings (SSSR count). The van der Waals surface area contributed by atoms with Crippen LogP contribution in [0, 0.1) is 0 Å². The number of hydrogen-bond donors (Lipinski definition) is 5. The molecule has 136 valence electrons. The average Bonchev–Trinajstić information content (AvgIpc) is 2.58. The van der Waals surface area contributed by atoms with Gasteiger partial charge in [0, 0.05) is 12.0 Å². The highest BCUT2D eigenvalue weighted by molar-refractivity contribution is 6.04. The number of carboxylic acids is 1. The molecule has 26 heavy (non-hydrogen) atoms. The summed E-state index contributed by atoms with van der Waals surface area (Å²) in [5, 5.41) is 18.3. The molecule has 0 aliphatic carbocycles. The monoisotopic (exact) mass is 359 g/mol. The number of phenolic OH excluding ortho intramolecular Hbond substituents is 1. The normalized spacial score (nSPS) is 11.6. The van der Waals surface area contributed by atoms with Crippen molar-refractivity contribution in [1.29, 1.82) is 0 Å². The second kappa shape index (κ2) is 7.53. The van der Waals surface area contributed by atoms with E-state index in [2.05, 4.69) is 0 Å². The summed E-state index contributed by atoms with van der Waals surface area (Å²) >= 11 is 0. The highest BCUT2D eigenvalue weighted by atomic mass is 16.5. The molecule has 2 aromatic rings. The molecule has 0 amide bonds. The van der Waals surface area contributed by atoms with Gasteiger partial charge in [-0.05, 0) is 24.3 Å². The summed E-state index contributed by atoms with van der Waals surface area (Å²) in [7, 11) is 0. The number of rotatable bonds is 6. The summed E-state index contributed by atoms with van der Waals surface area (Å²) in [5.41, 5.74) is 16.5. The van der Waals surface area contributed by atoms with Crippen molar-refractivity contribution in [3.63, 3.8) is 0 Å². The average molecular weight is 359 g/mol. The number of Topliss-reactive ketones (excluding diaryl/α,β-unsaturated/α-hetero) is 1. The van der Waals surface area contributed by atoms with E-state index in [9.17, 15) is 19.5 Å². The van der Waals surface area contributed by atoms with E-state index < -0.39 is 30.2 Å². The van der Waals surface area contributed by atoms with Crippen LogP contribution >= 0.6 is 0 Å². The van der Waals surface area contributed by atoms with Gasteiger partial charge in [0.15, 0.2) is 11.5 Å². The molecule has 2 aromatic carbocycles. The van der Waals surface area contributed by atoms with E-state index in [4.69, 9.17) is 27.0 Å². The van der Waals surface area contributed by atoms with Gasteiger partial charge in [0.05, 0.1) is 16.9 Å². The SMILES string of the molecule is Nc1c(O)cccc1C(=O)Oc1cccc(C(=O)CC(N)C(=O)O)c1N. The van der Waals surface area contributed by atoms with Gasteiger partial charge >= 0.3 is 11.9 Å². The van der Waals surface area contributed by atoms with Gasteiger partial charge in [0.1, 0.15) is 11.8 Å². The first-order valence-corrected chi connectivity index (χ1v) is 7.42. The van der Waals surface area contributed by atoms with Crippen molar-refractivity contribution in [2.75, 3.05) is 11.5 Å². The molecule has 1 unspecified atom stereocenters. The van der Waals surface area contributed by atoms with Crippen molar-refractivity contribution >= 4 is 29.1 Å². The predicted octanol–water partition coefficient (Wildman–Crippen LogP) is 0.761. The summed E-state index contributed by atoms with van der Waals surface area (Å²) in [6.07, 6.45) is -0.462. The van der Waals surface area contributed by atoms with E-state index in [-0.39, 0.29) is 34.0 Å². The van der Waals surface area contributed by atoms with Crippen LogP contribution in [0.1, 0.15) is 27.1 Å². The number of carbonyl (C=O) groups excluding carboxylic acids is 2. The summed E-state index contributed by atoms with van der Waals surface area (Å²) in [4.78, 5) is 35.2. The van der Waals surface area contributed by atoms with Crippen LogP contribution in [0.15, 0.2) is 36.4 Å². The van der Waals surface area contributed by atoms with Gasteiger partial charge in [0.2, 0.25) is 0 Å². The number of para-hydroxylation sites is 2. The smallest absolute Gasteiger partial charge is 0.345 e. The van der Waals surface area contributed by atoms with Crippen LogP contribution in [-0.2, 0) is 4.79 Å². The van der Waals surface area contributed by atoms with Gasteiger partial charge in [-0.25, -0.2) is 4.79 Å². The van der Waals surface area contributed by atoms with Crippen LogP contribution in [0.5, 0.6) is 11.5 Å². The zero-order valence-corrected chi connectivity index (χ0v) is 13.5. The third-order valence-corrected chi connectivity index (χ3v) is 3.59. The van der Waals surface area contributed by atoms with Crippen LogP contribution in [-0.4, -0.2) is 34.0 Å². The van der Waals surface area contributed by atoms with Gasteiger partial charge in [-0.1, -0.05) is 12.1 Å². The van der Waals surface area contributed by atoms with Crippen LogP contribution < -0.4 is 21.9 Å². The van der Waals surface area contributed by atoms with E-state index in [0.29, 0.717) is 0 Å². The van der Waals surface area contributed by atoms with Crippen LogP contribution in [0.25, 0.3) is 0 Å². The Bertz CT molecular complexity index is 881. The molecule has 0 aromatic heterocycles. The fraction of sp³-hybridized carbons (Fsp3) is 0.118. The molecular formula is C17H17N3O6. The third-order valence-electron chi connectivity index (χ3n) is 3.59. The summed E-state index contributed by atoms with van der Waals surface area (Å²) in [6.45, 7) is 0. The minimum atomic E-state index is -1.37. The first-order valence-electron chi connectivity index (χ1n) is 7.42. The van der Waals surface area contributed by atoms with Gasteiger partial charge in [-0.15, -0.1) is 0 Å². The summed E-state index contributed by atoms with van der Waals surface area (Å²) in [5.74, 6) is -3.19. The molecule has 0 bridgehead atoms.